The first-order valence-electron chi connectivity index (χ1n) is 2.70. The molecule has 10 heavy (non-hydrogen) atoms. The summed E-state index contributed by atoms with van der Waals surface area (Å²) in [5, 5.41) is 11.5. The van der Waals surface area contributed by atoms with Crippen molar-refractivity contribution in [2.75, 3.05) is 6.54 Å². The summed E-state index contributed by atoms with van der Waals surface area (Å²) in [5.41, 5.74) is 11.3. The number of rotatable bonds is 4. The summed E-state index contributed by atoms with van der Waals surface area (Å²) in [4.78, 5) is 12.7. The minimum atomic E-state index is -1.06. The normalized spacial score (nSPS) is 11.7. The van der Waals surface area contributed by atoms with Crippen molar-refractivity contribution < 1.29 is 9.90 Å². The number of carbonyl (C=O) groups is 1. The zero-order valence-corrected chi connectivity index (χ0v) is 5.32. The number of carboxylic acid groups (broad SMARTS) is 1. The zero-order valence-electron chi connectivity index (χ0n) is 5.32. The van der Waals surface area contributed by atoms with Crippen LogP contribution >= 0.6 is 0 Å². The summed E-state index contributed by atoms with van der Waals surface area (Å²) in [6.45, 7) is 0.191. The number of carboxylic acids is 1. The Balaban J connectivity index is 3.48. The highest BCUT2D eigenvalue weighted by Crippen LogP contribution is 1.86. The highest BCUT2D eigenvalue weighted by Gasteiger charge is 2.10. The highest BCUT2D eigenvalue weighted by atomic mass is 16.4. The summed E-state index contributed by atoms with van der Waals surface area (Å²) in [6, 6.07) is -0.898. The molecule has 0 aromatic rings. The smallest absolute Gasteiger partial charge is 0.320 e. The fourth-order valence-electron chi connectivity index (χ4n) is 0.370. The van der Waals surface area contributed by atoms with Crippen LogP contribution in [0.15, 0.2) is 5.11 Å². The summed E-state index contributed by atoms with van der Waals surface area (Å²) < 4.78 is 0. The molecule has 0 aromatic carbocycles. The van der Waals surface area contributed by atoms with Gasteiger partial charge in [-0.05, 0) is 6.42 Å². The van der Waals surface area contributed by atoms with E-state index in [1.807, 2.05) is 0 Å². The minimum absolute atomic E-state index is 0.191. The van der Waals surface area contributed by atoms with Crippen LogP contribution in [-0.4, -0.2) is 23.7 Å². The van der Waals surface area contributed by atoms with Crippen LogP contribution in [0.5, 0.6) is 0 Å². The van der Waals surface area contributed by atoms with Crippen LogP contribution in [0.4, 0.5) is 0 Å². The monoisotopic (exact) mass is 145 g/mol. The average Bonchev–Trinajstić information content (AvgIpc) is 1.88. The molecule has 0 bridgehead atoms. The van der Waals surface area contributed by atoms with Crippen LogP contribution < -0.4 is 10.6 Å². The summed E-state index contributed by atoms with van der Waals surface area (Å²) >= 11 is 0. The SMILES string of the molecule is N=[N+]=NCC[C@H](N)C(=O)O. The van der Waals surface area contributed by atoms with E-state index in [0.717, 1.165) is 0 Å². The van der Waals surface area contributed by atoms with Crippen LogP contribution in [0, 0.1) is 5.53 Å². The lowest BCUT2D eigenvalue weighted by Gasteiger charge is -1.98. The maximum absolute atomic E-state index is 10.0. The van der Waals surface area contributed by atoms with Gasteiger partial charge in [0.2, 0.25) is 4.91 Å². The Bertz CT molecular complexity index is 163. The molecule has 1 atom stereocenters. The predicted octanol–water partition coefficient (Wildman–Crippen LogP) is -0.661. The van der Waals surface area contributed by atoms with Gasteiger partial charge in [-0.3, -0.25) is 4.79 Å². The molecule has 6 nitrogen and oxygen atoms in total. The van der Waals surface area contributed by atoms with E-state index in [1.54, 1.807) is 0 Å². The van der Waals surface area contributed by atoms with Gasteiger partial charge in [0, 0.05) is 0 Å². The number of nitrogens with two attached hydrogens (primary N) is 1. The van der Waals surface area contributed by atoms with Gasteiger partial charge in [0.05, 0.1) is 0 Å². The summed E-state index contributed by atoms with van der Waals surface area (Å²) in [7, 11) is 0. The van der Waals surface area contributed by atoms with Crippen molar-refractivity contribution >= 4 is 5.97 Å². The van der Waals surface area contributed by atoms with E-state index in [2.05, 4.69) is 10.0 Å². The molecule has 0 fully saturated rings. The van der Waals surface area contributed by atoms with E-state index < -0.39 is 12.0 Å². The molecule has 0 aromatic heterocycles. The van der Waals surface area contributed by atoms with E-state index >= 15 is 0 Å². The molecule has 0 radical (unpaired) electrons. The van der Waals surface area contributed by atoms with Crippen molar-refractivity contribution in [3.8, 4) is 0 Å². The standard InChI is InChI=1S/C4H8N4O2/c5-3(4(9)10)1-2-7-8-6/h3,6H,1-2,5H2/p+1/t3-/m0/s1. The van der Waals surface area contributed by atoms with Gasteiger partial charge in [-0.1, -0.05) is 0 Å². The third-order valence-electron chi connectivity index (χ3n) is 0.928. The Morgan fingerprint density at radius 1 is 1.90 bits per heavy atom. The van der Waals surface area contributed by atoms with Crippen LogP contribution in [-0.2, 0) is 4.79 Å². The van der Waals surface area contributed by atoms with Gasteiger partial charge in [0.1, 0.15) is 23.2 Å². The van der Waals surface area contributed by atoms with Gasteiger partial charge in [-0.2, -0.15) is 0 Å². The lowest BCUT2D eigenvalue weighted by Crippen LogP contribution is -2.30. The number of hydrogen-bond donors (Lipinski definition) is 3. The van der Waals surface area contributed by atoms with Crippen LogP contribution in [0.25, 0.3) is 0 Å². The van der Waals surface area contributed by atoms with Crippen LogP contribution in [0.1, 0.15) is 6.42 Å². The van der Waals surface area contributed by atoms with E-state index in [9.17, 15) is 4.79 Å². The Hall–Kier alpha value is -1.26. The lowest BCUT2D eigenvalue weighted by atomic mass is 10.2. The molecule has 4 N–H and O–H groups in total. The van der Waals surface area contributed by atoms with E-state index in [-0.39, 0.29) is 13.0 Å². The van der Waals surface area contributed by atoms with Crippen LogP contribution in [0.2, 0.25) is 0 Å². The fourth-order valence-corrected chi connectivity index (χ4v) is 0.370. The average molecular weight is 145 g/mol. The van der Waals surface area contributed by atoms with Crippen molar-refractivity contribution in [2.24, 2.45) is 10.8 Å². The third-order valence-corrected chi connectivity index (χ3v) is 0.928. The number of nitrogens with zero attached hydrogens (tertiary/aromatic N) is 2. The molecule has 56 valence electrons. The molecule has 6 heteroatoms. The lowest BCUT2D eigenvalue weighted by molar-refractivity contribution is -0.138. The van der Waals surface area contributed by atoms with Gasteiger partial charge < -0.3 is 10.8 Å². The summed E-state index contributed by atoms with van der Waals surface area (Å²) in [6.07, 6.45) is 0.220. The molecule has 0 aliphatic heterocycles. The maximum atomic E-state index is 10.0. The molecule has 0 rings (SSSR count). The number of nitrogens with one attached hydrogen (secondary N) is 1. The molecular formula is C4H9N4O2+. The Labute approximate surface area is 57.3 Å². The largest absolute Gasteiger partial charge is 0.480 e. The topological polar surface area (TPSA) is 114 Å². The van der Waals surface area contributed by atoms with Crippen molar-refractivity contribution in [3.05, 3.63) is 0 Å². The molecule has 0 aliphatic rings. The zero-order chi connectivity index (χ0) is 7.98. The summed E-state index contributed by atoms with van der Waals surface area (Å²) in [5.74, 6) is -1.06. The number of aliphatic carboxylic acids is 1. The highest BCUT2D eigenvalue weighted by molar-refractivity contribution is 5.72. The van der Waals surface area contributed by atoms with Gasteiger partial charge in [-0.15, -0.1) is 0 Å². The molecule has 0 spiro atoms. The molecule has 0 saturated carbocycles. The van der Waals surface area contributed by atoms with Crippen molar-refractivity contribution in [3.63, 3.8) is 0 Å². The van der Waals surface area contributed by atoms with Gasteiger partial charge in [0.15, 0.2) is 0 Å². The quantitative estimate of drug-likeness (QED) is 0.360. The molecule has 0 unspecified atom stereocenters. The van der Waals surface area contributed by atoms with E-state index in [4.69, 9.17) is 16.4 Å². The predicted molar refractivity (Wildman–Crippen MR) is 32.4 cm³/mol. The first kappa shape index (κ1) is 8.74. The number of hydrogen-bond acceptors (Lipinski definition) is 4. The second kappa shape index (κ2) is 4.60. The second-order valence-electron chi connectivity index (χ2n) is 1.70. The van der Waals surface area contributed by atoms with Gasteiger partial charge >= 0.3 is 5.97 Å². The fraction of sp³-hybridized carbons (Fsp3) is 0.750. The molecule has 0 heterocycles. The Morgan fingerprint density at radius 2 is 2.50 bits per heavy atom. The molecule has 0 aliphatic carbocycles. The van der Waals surface area contributed by atoms with Gasteiger partial charge in [-0.25, -0.2) is 0 Å². The second-order valence-corrected chi connectivity index (χ2v) is 1.70. The first-order valence-corrected chi connectivity index (χ1v) is 2.70. The van der Waals surface area contributed by atoms with Gasteiger partial charge in [0.25, 0.3) is 0 Å². The van der Waals surface area contributed by atoms with Crippen molar-refractivity contribution in [1.82, 2.24) is 4.91 Å². The van der Waals surface area contributed by atoms with E-state index in [1.165, 1.54) is 0 Å². The molecule has 0 amide bonds. The maximum Gasteiger partial charge on any atom is 0.320 e. The molecular weight excluding hydrogens is 136 g/mol. The van der Waals surface area contributed by atoms with Crippen molar-refractivity contribution in [2.45, 2.75) is 12.5 Å². The van der Waals surface area contributed by atoms with E-state index in [0.29, 0.717) is 0 Å². The first-order chi connectivity index (χ1) is 4.68. The third kappa shape index (κ3) is 3.71. The van der Waals surface area contributed by atoms with Crippen molar-refractivity contribution in [1.29, 1.82) is 5.53 Å². The van der Waals surface area contributed by atoms with Crippen LogP contribution in [0.3, 0.4) is 0 Å². The minimum Gasteiger partial charge on any atom is -0.480 e. The molecule has 0 saturated heterocycles. The Kier molecular flexibility index (Phi) is 4.02. The Morgan fingerprint density at radius 3 is 2.90 bits per heavy atom.